The zero-order valence-electron chi connectivity index (χ0n) is 11.0. The van der Waals surface area contributed by atoms with E-state index in [0.717, 1.165) is 25.2 Å². The first kappa shape index (κ1) is 11.9. The van der Waals surface area contributed by atoms with Crippen LogP contribution in [0.4, 0.5) is 0 Å². The average Bonchev–Trinajstić information content (AvgIpc) is 3.17. The largest absolute Gasteiger partial charge is 0.312 e. The van der Waals surface area contributed by atoms with Crippen molar-refractivity contribution in [3.05, 3.63) is 58.7 Å². The molecule has 100 valence electrons. The Morgan fingerprint density at radius 2 is 2.20 bits per heavy atom. The predicted octanol–water partition coefficient (Wildman–Crippen LogP) is 3.25. The second-order valence-corrected chi connectivity index (χ2v) is 5.82. The molecule has 0 aliphatic carbocycles. The molecule has 0 amide bonds. The number of nitrogens with zero attached hydrogens (tertiary/aromatic N) is 2. The fourth-order valence-corrected chi connectivity index (χ4v) is 3.39. The highest BCUT2D eigenvalue weighted by molar-refractivity contribution is 7.08. The van der Waals surface area contributed by atoms with Crippen LogP contribution in [0.15, 0.2) is 47.5 Å². The zero-order chi connectivity index (χ0) is 13.4. The normalized spacial score (nSPS) is 14.2. The number of hydrogen-bond donors (Lipinski definition) is 1. The highest BCUT2D eigenvalue weighted by atomic mass is 32.1. The molecule has 1 aliphatic heterocycles. The summed E-state index contributed by atoms with van der Waals surface area (Å²) < 4.78 is 2.16. The Balaban J connectivity index is 1.80. The first-order valence-corrected chi connectivity index (χ1v) is 7.74. The monoisotopic (exact) mass is 281 g/mol. The molecule has 1 N–H and O–H groups in total. The van der Waals surface area contributed by atoms with Gasteiger partial charge in [0.1, 0.15) is 0 Å². The number of aromatic nitrogens is 2. The fraction of sp³-hybridized carbons (Fsp3) is 0.188. The van der Waals surface area contributed by atoms with Crippen molar-refractivity contribution in [3.63, 3.8) is 0 Å². The van der Waals surface area contributed by atoms with Crippen molar-refractivity contribution in [2.45, 2.75) is 13.0 Å². The van der Waals surface area contributed by atoms with Crippen molar-refractivity contribution in [3.8, 4) is 16.9 Å². The molecule has 3 nitrogen and oxygen atoms in total. The fourth-order valence-electron chi connectivity index (χ4n) is 2.74. The van der Waals surface area contributed by atoms with E-state index in [4.69, 9.17) is 0 Å². The minimum Gasteiger partial charge on any atom is -0.312 e. The highest BCUT2D eigenvalue weighted by Gasteiger charge is 2.12. The molecule has 0 saturated carbocycles. The molecule has 0 unspecified atom stereocenters. The van der Waals surface area contributed by atoms with Crippen molar-refractivity contribution >= 4 is 11.3 Å². The van der Waals surface area contributed by atoms with E-state index in [1.807, 2.05) is 12.5 Å². The summed E-state index contributed by atoms with van der Waals surface area (Å²) in [6, 6.07) is 8.86. The third-order valence-electron chi connectivity index (χ3n) is 3.81. The van der Waals surface area contributed by atoms with Gasteiger partial charge in [0, 0.05) is 23.2 Å². The highest BCUT2D eigenvalue weighted by Crippen LogP contribution is 2.26. The van der Waals surface area contributed by atoms with E-state index in [2.05, 4.69) is 49.9 Å². The molecule has 3 heterocycles. The summed E-state index contributed by atoms with van der Waals surface area (Å²) in [4.78, 5) is 4.32. The first-order valence-electron chi connectivity index (χ1n) is 6.79. The number of fused-ring (bicyclic) bond motifs is 1. The molecule has 4 rings (SSSR count). The van der Waals surface area contributed by atoms with Gasteiger partial charge in [-0.2, -0.15) is 11.3 Å². The molecule has 0 fully saturated rings. The van der Waals surface area contributed by atoms with Gasteiger partial charge in [-0.05, 0) is 47.7 Å². The Kier molecular flexibility index (Phi) is 2.90. The summed E-state index contributed by atoms with van der Waals surface area (Å²) in [7, 11) is 0. The molecule has 1 aromatic carbocycles. The van der Waals surface area contributed by atoms with Crippen molar-refractivity contribution in [1.29, 1.82) is 0 Å². The number of benzene rings is 1. The molecule has 20 heavy (non-hydrogen) atoms. The smallest absolute Gasteiger partial charge is 0.0997 e. The third kappa shape index (κ3) is 1.97. The van der Waals surface area contributed by atoms with Gasteiger partial charge in [-0.3, -0.25) is 4.57 Å². The van der Waals surface area contributed by atoms with Crippen molar-refractivity contribution in [2.24, 2.45) is 0 Å². The average molecular weight is 281 g/mol. The van der Waals surface area contributed by atoms with Crippen LogP contribution in [-0.4, -0.2) is 16.1 Å². The van der Waals surface area contributed by atoms with Crippen LogP contribution in [0, 0.1) is 0 Å². The Labute approximate surface area is 121 Å². The molecule has 4 heteroatoms. The van der Waals surface area contributed by atoms with E-state index in [-0.39, 0.29) is 0 Å². The lowest BCUT2D eigenvalue weighted by molar-refractivity contribution is 0.643. The van der Waals surface area contributed by atoms with Crippen LogP contribution in [0.3, 0.4) is 0 Å². The molecule has 0 radical (unpaired) electrons. The Morgan fingerprint density at radius 3 is 3.10 bits per heavy atom. The maximum Gasteiger partial charge on any atom is 0.0997 e. The lowest BCUT2D eigenvalue weighted by Crippen LogP contribution is -2.23. The quantitative estimate of drug-likeness (QED) is 0.781. The van der Waals surface area contributed by atoms with E-state index in [1.54, 1.807) is 11.3 Å². The maximum atomic E-state index is 4.32. The van der Waals surface area contributed by atoms with Crippen molar-refractivity contribution in [2.75, 3.05) is 6.54 Å². The van der Waals surface area contributed by atoms with Crippen molar-refractivity contribution < 1.29 is 0 Å². The number of imidazole rings is 1. The summed E-state index contributed by atoms with van der Waals surface area (Å²) in [5.41, 5.74) is 6.42. The zero-order valence-corrected chi connectivity index (χ0v) is 11.9. The van der Waals surface area contributed by atoms with Gasteiger partial charge < -0.3 is 5.32 Å². The van der Waals surface area contributed by atoms with Crippen LogP contribution >= 0.6 is 11.3 Å². The molecular formula is C16H15N3S. The lowest BCUT2D eigenvalue weighted by Gasteiger charge is -2.18. The van der Waals surface area contributed by atoms with E-state index in [0.29, 0.717) is 0 Å². The van der Waals surface area contributed by atoms with Crippen LogP contribution < -0.4 is 5.32 Å². The van der Waals surface area contributed by atoms with E-state index in [1.165, 1.54) is 22.4 Å². The van der Waals surface area contributed by atoms with Gasteiger partial charge in [-0.15, -0.1) is 0 Å². The van der Waals surface area contributed by atoms with Gasteiger partial charge in [0.2, 0.25) is 0 Å². The summed E-state index contributed by atoms with van der Waals surface area (Å²) in [6.45, 7) is 2.04. The summed E-state index contributed by atoms with van der Waals surface area (Å²) >= 11 is 1.71. The van der Waals surface area contributed by atoms with Gasteiger partial charge in [0.25, 0.3) is 0 Å². The Hall–Kier alpha value is -1.91. The van der Waals surface area contributed by atoms with Gasteiger partial charge >= 0.3 is 0 Å². The molecule has 2 aromatic heterocycles. The van der Waals surface area contributed by atoms with E-state index in [9.17, 15) is 0 Å². The molecule has 3 aromatic rings. The van der Waals surface area contributed by atoms with Crippen LogP contribution in [0.25, 0.3) is 16.9 Å². The molecule has 0 saturated heterocycles. The van der Waals surface area contributed by atoms with Gasteiger partial charge in [-0.1, -0.05) is 6.07 Å². The Morgan fingerprint density at radius 1 is 1.20 bits per heavy atom. The molecule has 0 atom stereocenters. The van der Waals surface area contributed by atoms with Crippen LogP contribution in [0.5, 0.6) is 0 Å². The molecule has 0 bridgehead atoms. The van der Waals surface area contributed by atoms with E-state index < -0.39 is 0 Å². The van der Waals surface area contributed by atoms with Gasteiger partial charge in [0.05, 0.1) is 18.2 Å². The Bertz CT molecular complexity index is 728. The van der Waals surface area contributed by atoms with Crippen LogP contribution in [0.1, 0.15) is 11.1 Å². The molecular weight excluding hydrogens is 266 g/mol. The van der Waals surface area contributed by atoms with Gasteiger partial charge in [0.15, 0.2) is 0 Å². The maximum absolute atomic E-state index is 4.32. The number of hydrogen-bond acceptors (Lipinski definition) is 3. The SMILES string of the molecule is c1cc(-c2cncn2-c2ccc3c(c2)CNCC3)cs1. The minimum atomic E-state index is 0.964. The third-order valence-corrected chi connectivity index (χ3v) is 4.49. The van der Waals surface area contributed by atoms with Crippen molar-refractivity contribution in [1.82, 2.24) is 14.9 Å². The van der Waals surface area contributed by atoms with Gasteiger partial charge in [-0.25, -0.2) is 4.98 Å². The number of thiophene rings is 1. The lowest BCUT2D eigenvalue weighted by atomic mass is 10.0. The van der Waals surface area contributed by atoms with Crippen LogP contribution in [-0.2, 0) is 13.0 Å². The number of nitrogens with one attached hydrogen (secondary N) is 1. The minimum absolute atomic E-state index is 0.964. The number of rotatable bonds is 2. The first-order chi connectivity index (χ1) is 9.92. The standard InChI is InChI=1S/C16H15N3S/c1-2-15(7-14-8-17-5-3-12(1)14)19-11-18-9-16(19)13-4-6-20-10-13/h1-2,4,6-7,9-11,17H,3,5,8H2. The molecule has 0 spiro atoms. The van der Waals surface area contributed by atoms with E-state index >= 15 is 0 Å². The topological polar surface area (TPSA) is 29.9 Å². The second-order valence-electron chi connectivity index (χ2n) is 5.04. The summed E-state index contributed by atoms with van der Waals surface area (Å²) in [5, 5.41) is 7.69. The summed E-state index contributed by atoms with van der Waals surface area (Å²) in [6.07, 6.45) is 4.95. The molecule has 1 aliphatic rings. The van der Waals surface area contributed by atoms with Crippen LogP contribution in [0.2, 0.25) is 0 Å². The predicted molar refractivity (Wildman–Crippen MR) is 82.3 cm³/mol. The second kappa shape index (κ2) is 4.89. The summed E-state index contributed by atoms with van der Waals surface area (Å²) in [5.74, 6) is 0.